The van der Waals surface area contributed by atoms with Crippen molar-refractivity contribution in [1.82, 2.24) is 5.32 Å². The second kappa shape index (κ2) is 6.25. The maximum Gasteiger partial charge on any atom is 0.222 e. The molecule has 1 aromatic rings. The second-order valence-corrected chi connectivity index (χ2v) is 4.02. The van der Waals surface area contributed by atoms with Crippen LogP contribution >= 0.6 is 0 Å². The number of nitrogens with one attached hydrogen (secondary N) is 1. The Hall–Kier alpha value is -1.55. The van der Waals surface area contributed by atoms with Crippen molar-refractivity contribution in [2.75, 3.05) is 13.7 Å². The van der Waals surface area contributed by atoms with E-state index in [-0.39, 0.29) is 18.9 Å². The van der Waals surface area contributed by atoms with Crippen LogP contribution in [0.15, 0.2) is 12.1 Å². The van der Waals surface area contributed by atoms with Gasteiger partial charge in [-0.25, -0.2) is 0 Å². The number of methoxy groups -OCH3 is 1. The quantitative estimate of drug-likeness (QED) is 0.811. The smallest absolute Gasteiger partial charge is 0.222 e. The number of aliphatic hydroxyl groups is 1. The van der Waals surface area contributed by atoms with Gasteiger partial charge in [0.2, 0.25) is 5.91 Å². The summed E-state index contributed by atoms with van der Waals surface area (Å²) in [5, 5.41) is 11.4. The molecule has 0 bridgehead atoms. The molecule has 0 aromatic heterocycles. The number of ether oxygens (including phenoxy) is 1. The SMILES string of the molecule is COc1c(C)cc(C)cc1CNC(=O)CCO. The molecule has 0 aliphatic heterocycles. The summed E-state index contributed by atoms with van der Waals surface area (Å²) in [6.45, 7) is 4.27. The number of carbonyl (C=O) groups is 1. The summed E-state index contributed by atoms with van der Waals surface area (Å²) >= 11 is 0. The predicted molar refractivity (Wildman–Crippen MR) is 66.0 cm³/mol. The number of carbonyl (C=O) groups excluding carboxylic acids is 1. The number of amides is 1. The van der Waals surface area contributed by atoms with Crippen LogP contribution in [0.5, 0.6) is 5.75 Å². The van der Waals surface area contributed by atoms with Crippen LogP contribution in [0.4, 0.5) is 0 Å². The number of aliphatic hydroxyl groups excluding tert-OH is 1. The third-order valence-electron chi connectivity index (χ3n) is 2.51. The Balaban J connectivity index is 2.79. The molecule has 17 heavy (non-hydrogen) atoms. The highest BCUT2D eigenvalue weighted by molar-refractivity contribution is 5.76. The van der Waals surface area contributed by atoms with Crippen LogP contribution in [0.25, 0.3) is 0 Å². The van der Waals surface area contributed by atoms with Crippen molar-refractivity contribution in [2.24, 2.45) is 0 Å². The first-order chi connectivity index (χ1) is 8.08. The molecule has 0 heterocycles. The van der Waals surface area contributed by atoms with Gasteiger partial charge >= 0.3 is 0 Å². The molecule has 4 heteroatoms. The van der Waals surface area contributed by atoms with Crippen molar-refractivity contribution in [3.05, 3.63) is 28.8 Å². The Kier molecular flexibility index (Phi) is 4.97. The van der Waals surface area contributed by atoms with E-state index in [2.05, 4.69) is 5.32 Å². The molecular formula is C13H19NO3. The summed E-state index contributed by atoms with van der Waals surface area (Å²) in [6.07, 6.45) is 0.132. The first kappa shape index (κ1) is 13.5. The van der Waals surface area contributed by atoms with E-state index in [4.69, 9.17) is 9.84 Å². The molecule has 0 aliphatic rings. The molecule has 94 valence electrons. The fourth-order valence-electron chi connectivity index (χ4n) is 1.85. The van der Waals surface area contributed by atoms with Gasteiger partial charge in [0, 0.05) is 18.5 Å². The Morgan fingerprint density at radius 2 is 2.12 bits per heavy atom. The molecular weight excluding hydrogens is 218 g/mol. The lowest BCUT2D eigenvalue weighted by atomic mass is 10.1. The molecule has 4 nitrogen and oxygen atoms in total. The fourth-order valence-corrected chi connectivity index (χ4v) is 1.85. The Morgan fingerprint density at radius 3 is 2.71 bits per heavy atom. The molecule has 1 amide bonds. The van der Waals surface area contributed by atoms with E-state index in [9.17, 15) is 4.79 Å². The number of hydrogen-bond acceptors (Lipinski definition) is 3. The first-order valence-electron chi connectivity index (χ1n) is 5.60. The molecule has 0 atom stereocenters. The van der Waals surface area contributed by atoms with Crippen LogP contribution in [-0.2, 0) is 11.3 Å². The highest BCUT2D eigenvalue weighted by Gasteiger charge is 2.08. The van der Waals surface area contributed by atoms with Crippen LogP contribution < -0.4 is 10.1 Å². The number of benzene rings is 1. The Bertz CT molecular complexity index is 402. The van der Waals surface area contributed by atoms with Gasteiger partial charge in [-0.05, 0) is 19.4 Å². The van der Waals surface area contributed by atoms with Crippen molar-refractivity contribution < 1.29 is 14.6 Å². The van der Waals surface area contributed by atoms with Gasteiger partial charge < -0.3 is 15.2 Å². The molecule has 0 spiro atoms. The van der Waals surface area contributed by atoms with Gasteiger partial charge in [-0.15, -0.1) is 0 Å². The average molecular weight is 237 g/mol. The van der Waals surface area contributed by atoms with E-state index >= 15 is 0 Å². The van der Waals surface area contributed by atoms with Gasteiger partial charge in [0.05, 0.1) is 13.7 Å². The monoisotopic (exact) mass is 237 g/mol. The summed E-state index contributed by atoms with van der Waals surface area (Å²) in [7, 11) is 1.62. The van der Waals surface area contributed by atoms with Gasteiger partial charge in [0.1, 0.15) is 5.75 Å². The zero-order valence-corrected chi connectivity index (χ0v) is 10.5. The molecule has 0 radical (unpaired) electrons. The Morgan fingerprint density at radius 1 is 1.41 bits per heavy atom. The number of aryl methyl sites for hydroxylation is 2. The summed E-state index contributed by atoms with van der Waals surface area (Å²) in [6, 6.07) is 4.03. The highest BCUT2D eigenvalue weighted by atomic mass is 16.5. The minimum atomic E-state index is -0.159. The standard InChI is InChI=1S/C13H19NO3/c1-9-6-10(2)13(17-3)11(7-9)8-14-12(16)4-5-15/h6-7,15H,4-5,8H2,1-3H3,(H,14,16). The number of rotatable bonds is 5. The van der Waals surface area contributed by atoms with E-state index in [0.717, 1.165) is 22.4 Å². The predicted octanol–water partition coefficient (Wildman–Crippen LogP) is 1.31. The summed E-state index contributed by atoms with van der Waals surface area (Å²) in [4.78, 5) is 11.3. The van der Waals surface area contributed by atoms with E-state index in [1.807, 2.05) is 26.0 Å². The van der Waals surface area contributed by atoms with Crippen LogP contribution in [0.1, 0.15) is 23.1 Å². The van der Waals surface area contributed by atoms with Gasteiger partial charge in [-0.3, -0.25) is 4.79 Å². The summed E-state index contributed by atoms with van der Waals surface area (Å²) in [5.41, 5.74) is 3.14. The highest BCUT2D eigenvalue weighted by Crippen LogP contribution is 2.24. The minimum absolute atomic E-state index is 0.129. The lowest BCUT2D eigenvalue weighted by Gasteiger charge is -2.13. The van der Waals surface area contributed by atoms with Gasteiger partial charge in [0.15, 0.2) is 0 Å². The zero-order valence-electron chi connectivity index (χ0n) is 10.5. The van der Waals surface area contributed by atoms with Crippen molar-refractivity contribution >= 4 is 5.91 Å². The molecule has 0 saturated heterocycles. The molecule has 0 saturated carbocycles. The Labute approximate surface area is 102 Å². The lowest BCUT2D eigenvalue weighted by Crippen LogP contribution is -2.23. The van der Waals surface area contributed by atoms with Gasteiger partial charge in [0.25, 0.3) is 0 Å². The first-order valence-corrected chi connectivity index (χ1v) is 5.60. The molecule has 2 N–H and O–H groups in total. The maximum absolute atomic E-state index is 11.3. The normalized spacial score (nSPS) is 10.1. The lowest BCUT2D eigenvalue weighted by molar-refractivity contribution is -0.121. The van der Waals surface area contributed by atoms with E-state index in [0.29, 0.717) is 6.54 Å². The molecule has 1 aromatic carbocycles. The number of hydrogen-bond donors (Lipinski definition) is 2. The van der Waals surface area contributed by atoms with Crippen molar-refractivity contribution in [2.45, 2.75) is 26.8 Å². The topological polar surface area (TPSA) is 58.6 Å². The second-order valence-electron chi connectivity index (χ2n) is 4.02. The summed E-state index contributed by atoms with van der Waals surface area (Å²) in [5.74, 6) is 0.647. The van der Waals surface area contributed by atoms with Gasteiger partial charge in [-0.1, -0.05) is 17.7 Å². The third-order valence-corrected chi connectivity index (χ3v) is 2.51. The summed E-state index contributed by atoms with van der Waals surface area (Å²) < 4.78 is 5.32. The van der Waals surface area contributed by atoms with Crippen molar-refractivity contribution in [3.63, 3.8) is 0 Å². The maximum atomic E-state index is 11.3. The van der Waals surface area contributed by atoms with Crippen LogP contribution in [0.3, 0.4) is 0 Å². The zero-order chi connectivity index (χ0) is 12.8. The van der Waals surface area contributed by atoms with Crippen molar-refractivity contribution in [1.29, 1.82) is 0 Å². The third kappa shape index (κ3) is 3.75. The van der Waals surface area contributed by atoms with Crippen LogP contribution in [0.2, 0.25) is 0 Å². The molecule has 1 rings (SSSR count). The van der Waals surface area contributed by atoms with E-state index in [1.165, 1.54) is 0 Å². The van der Waals surface area contributed by atoms with Crippen LogP contribution in [0, 0.1) is 13.8 Å². The van der Waals surface area contributed by atoms with Gasteiger partial charge in [-0.2, -0.15) is 0 Å². The average Bonchev–Trinajstić information content (AvgIpc) is 2.26. The molecule has 0 aliphatic carbocycles. The minimum Gasteiger partial charge on any atom is -0.496 e. The largest absolute Gasteiger partial charge is 0.496 e. The molecule has 0 fully saturated rings. The fraction of sp³-hybridized carbons (Fsp3) is 0.462. The van der Waals surface area contributed by atoms with Crippen LogP contribution in [-0.4, -0.2) is 24.7 Å². The van der Waals surface area contributed by atoms with E-state index in [1.54, 1.807) is 7.11 Å². The molecule has 0 unspecified atom stereocenters. The van der Waals surface area contributed by atoms with Crippen molar-refractivity contribution in [3.8, 4) is 5.75 Å². The van der Waals surface area contributed by atoms with E-state index < -0.39 is 0 Å².